The number of nitrogens with two attached hydrogens (primary N) is 1. The van der Waals surface area contributed by atoms with E-state index >= 15 is 0 Å². The van der Waals surface area contributed by atoms with Crippen LogP contribution >= 0.6 is 0 Å². The molecule has 0 unspecified atom stereocenters. The van der Waals surface area contributed by atoms with Gasteiger partial charge in [-0.25, -0.2) is 4.98 Å². The highest BCUT2D eigenvalue weighted by molar-refractivity contribution is 5.64. The van der Waals surface area contributed by atoms with Gasteiger partial charge in [0.05, 0.1) is 23.5 Å². The van der Waals surface area contributed by atoms with E-state index in [1.54, 1.807) is 18.3 Å². The molecule has 0 aliphatic carbocycles. The van der Waals surface area contributed by atoms with Crippen LogP contribution in [0.15, 0.2) is 36.5 Å². The van der Waals surface area contributed by atoms with Gasteiger partial charge < -0.3 is 11.1 Å². The summed E-state index contributed by atoms with van der Waals surface area (Å²) in [6.07, 6.45) is 1.66. The standard InChI is InChI=1S/C13H12N4/c1-9-2-3-10(7-14)6-12(9)17-11-4-5-13(15)16-8-11/h2-6,8,17H,1H3,(H2,15,16). The molecule has 1 aromatic heterocycles. The lowest BCUT2D eigenvalue weighted by Gasteiger charge is -2.09. The van der Waals surface area contributed by atoms with Crippen molar-refractivity contribution in [1.29, 1.82) is 5.26 Å². The summed E-state index contributed by atoms with van der Waals surface area (Å²) in [6.45, 7) is 1.98. The van der Waals surface area contributed by atoms with Crippen LogP contribution in [-0.2, 0) is 0 Å². The molecule has 0 saturated heterocycles. The SMILES string of the molecule is Cc1ccc(C#N)cc1Nc1ccc(N)nc1. The Morgan fingerprint density at radius 3 is 2.76 bits per heavy atom. The zero-order valence-corrected chi connectivity index (χ0v) is 9.44. The summed E-state index contributed by atoms with van der Waals surface area (Å²) in [5.41, 5.74) is 8.95. The van der Waals surface area contributed by atoms with Crippen molar-refractivity contribution in [3.05, 3.63) is 47.7 Å². The minimum Gasteiger partial charge on any atom is -0.384 e. The molecule has 0 saturated carbocycles. The molecule has 0 aliphatic rings. The lowest BCUT2D eigenvalue weighted by atomic mass is 10.1. The molecule has 2 aromatic rings. The first kappa shape index (κ1) is 11.0. The molecular formula is C13H12N4. The lowest BCUT2D eigenvalue weighted by Crippen LogP contribution is -1.96. The molecule has 0 radical (unpaired) electrons. The third kappa shape index (κ3) is 2.52. The molecule has 0 aliphatic heterocycles. The van der Waals surface area contributed by atoms with E-state index in [9.17, 15) is 0 Å². The molecule has 3 N–H and O–H groups in total. The number of aryl methyl sites for hydroxylation is 1. The number of rotatable bonds is 2. The number of hydrogen-bond donors (Lipinski definition) is 2. The largest absolute Gasteiger partial charge is 0.384 e. The van der Waals surface area contributed by atoms with Crippen LogP contribution in [0.25, 0.3) is 0 Å². The van der Waals surface area contributed by atoms with Gasteiger partial charge in [0.1, 0.15) is 5.82 Å². The Kier molecular flexibility index (Phi) is 2.93. The van der Waals surface area contributed by atoms with E-state index in [0.29, 0.717) is 11.4 Å². The molecule has 17 heavy (non-hydrogen) atoms. The Labute approximate surface area is 99.7 Å². The zero-order chi connectivity index (χ0) is 12.3. The summed E-state index contributed by atoms with van der Waals surface area (Å²) in [6, 6.07) is 11.2. The Balaban J connectivity index is 2.29. The van der Waals surface area contributed by atoms with Gasteiger partial charge in [-0.15, -0.1) is 0 Å². The fourth-order valence-electron chi connectivity index (χ4n) is 1.46. The van der Waals surface area contributed by atoms with E-state index in [-0.39, 0.29) is 0 Å². The third-order valence-electron chi connectivity index (χ3n) is 2.43. The van der Waals surface area contributed by atoms with Crippen molar-refractivity contribution in [2.24, 2.45) is 0 Å². The zero-order valence-electron chi connectivity index (χ0n) is 9.44. The lowest BCUT2D eigenvalue weighted by molar-refractivity contribution is 1.32. The quantitative estimate of drug-likeness (QED) is 0.822. The van der Waals surface area contributed by atoms with E-state index in [4.69, 9.17) is 11.0 Å². The summed E-state index contributed by atoms with van der Waals surface area (Å²) in [5.74, 6) is 0.484. The highest BCUT2D eigenvalue weighted by Crippen LogP contribution is 2.21. The van der Waals surface area contributed by atoms with E-state index in [1.807, 2.05) is 25.1 Å². The van der Waals surface area contributed by atoms with E-state index in [1.165, 1.54) is 0 Å². The molecule has 1 heterocycles. The Morgan fingerprint density at radius 1 is 1.29 bits per heavy atom. The van der Waals surface area contributed by atoms with Crippen molar-refractivity contribution in [2.75, 3.05) is 11.1 Å². The van der Waals surface area contributed by atoms with Gasteiger partial charge in [0.25, 0.3) is 0 Å². The first-order valence-corrected chi connectivity index (χ1v) is 5.18. The first-order chi connectivity index (χ1) is 8.19. The van der Waals surface area contributed by atoms with Crippen LogP contribution < -0.4 is 11.1 Å². The van der Waals surface area contributed by atoms with Crippen molar-refractivity contribution in [3.63, 3.8) is 0 Å². The molecular weight excluding hydrogens is 212 g/mol. The fourth-order valence-corrected chi connectivity index (χ4v) is 1.46. The van der Waals surface area contributed by atoms with Gasteiger partial charge in [0.15, 0.2) is 0 Å². The average molecular weight is 224 g/mol. The van der Waals surface area contributed by atoms with Crippen LogP contribution in [0.3, 0.4) is 0 Å². The van der Waals surface area contributed by atoms with Crippen LogP contribution in [0.2, 0.25) is 0 Å². The van der Waals surface area contributed by atoms with Gasteiger partial charge in [-0.1, -0.05) is 6.07 Å². The van der Waals surface area contributed by atoms with Gasteiger partial charge in [-0.2, -0.15) is 5.26 Å². The summed E-state index contributed by atoms with van der Waals surface area (Å²) in [5, 5.41) is 12.1. The van der Waals surface area contributed by atoms with Gasteiger partial charge in [-0.05, 0) is 36.8 Å². The molecule has 0 atom stereocenters. The fraction of sp³-hybridized carbons (Fsp3) is 0.0769. The van der Waals surface area contributed by atoms with Crippen LogP contribution in [-0.4, -0.2) is 4.98 Å². The molecule has 4 heteroatoms. The van der Waals surface area contributed by atoms with Crippen molar-refractivity contribution in [3.8, 4) is 6.07 Å². The van der Waals surface area contributed by atoms with Gasteiger partial charge in [-0.3, -0.25) is 0 Å². The number of aromatic nitrogens is 1. The normalized spacial score (nSPS) is 9.65. The molecule has 84 valence electrons. The van der Waals surface area contributed by atoms with E-state index in [0.717, 1.165) is 16.9 Å². The van der Waals surface area contributed by atoms with E-state index in [2.05, 4.69) is 16.4 Å². The number of nitriles is 1. The average Bonchev–Trinajstić information content (AvgIpc) is 2.35. The number of anilines is 3. The Bertz CT molecular complexity index is 567. The monoisotopic (exact) mass is 224 g/mol. The maximum atomic E-state index is 8.85. The van der Waals surface area contributed by atoms with Gasteiger partial charge in [0.2, 0.25) is 0 Å². The molecule has 0 bridgehead atoms. The van der Waals surface area contributed by atoms with Crippen LogP contribution in [0, 0.1) is 18.3 Å². The number of nitrogens with zero attached hydrogens (tertiary/aromatic N) is 2. The number of hydrogen-bond acceptors (Lipinski definition) is 4. The molecule has 0 spiro atoms. The van der Waals surface area contributed by atoms with Crippen molar-refractivity contribution in [2.45, 2.75) is 6.92 Å². The summed E-state index contributed by atoms with van der Waals surface area (Å²) < 4.78 is 0. The Morgan fingerprint density at radius 2 is 2.12 bits per heavy atom. The predicted molar refractivity (Wildman–Crippen MR) is 67.8 cm³/mol. The Hall–Kier alpha value is -2.54. The maximum absolute atomic E-state index is 8.85. The first-order valence-electron chi connectivity index (χ1n) is 5.18. The molecule has 0 amide bonds. The predicted octanol–water partition coefficient (Wildman–Crippen LogP) is 2.59. The van der Waals surface area contributed by atoms with Crippen molar-refractivity contribution in [1.82, 2.24) is 4.98 Å². The topological polar surface area (TPSA) is 74.7 Å². The second-order valence-corrected chi connectivity index (χ2v) is 3.74. The van der Waals surface area contributed by atoms with Crippen LogP contribution in [0.4, 0.5) is 17.2 Å². The molecule has 2 rings (SSSR count). The minimum atomic E-state index is 0.484. The third-order valence-corrected chi connectivity index (χ3v) is 2.43. The molecule has 1 aromatic carbocycles. The van der Waals surface area contributed by atoms with Crippen LogP contribution in [0.5, 0.6) is 0 Å². The maximum Gasteiger partial charge on any atom is 0.123 e. The number of benzene rings is 1. The highest BCUT2D eigenvalue weighted by Gasteiger charge is 2.01. The molecule has 0 fully saturated rings. The second kappa shape index (κ2) is 4.54. The summed E-state index contributed by atoms with van der Waals surface area (Å²) in [4.78, 5) is 4.00. The number of nitrogens with one attached hydrogen (secondary N) is 1. The minimum absolute atomic E-state index is 0.484. The number of pyridine rings is 1. The van der Waals surface area contributed by atoms with Crippen molar-refractivity contribution >= 4 is 17.2 Å². The van der Waals surface area contributed by atoms with Gasteiger partial charge in [0, 0.05) is 5.69 Å². The van der Waals surface area contributed by atoms with E-state index < -0.39 is 0 Å². The van der Waals surface area contributed by atoms with Gasteiger partial charge >= 0.3 is 0 Å². The van der Waals surface area contributed by atoms with Crippen molar-refractivity contribution < 1.29 is 0 Å². The summed E-state index contributed by atoms with van der Waals surface area (Å²) in [7, 11) is 0. The highest BCUT2D eigenvalue weighted by atomic mass is 14.9. The smallest absolute Gasteiger partial charge is 0.123 e. The second-order valence-electron chi connectivity index (χ2n) is 3.74. The molecule has 4 nitrogen and oxygen atoms in total. The van der Waals surface area contributed by atoms with Crippen LogP contribution in [0.1, 0.15) is 11.1 Å². The summed E-state index contributed by atoms with van der Waals surface area (Å²) >= 11 is 0. The number of nitrogen functional groups attached to an aromatic ring is 1.